The fourth-order valence-electron chi connectivity index (χ4n) is 4.44. The number of likely N-dealkylation sites (N-methyl/N-ethyl adjacent to an activating group) is 1. The van der Waals surface area contributed by atoms with Gasteiger partial charge in [0.15, 0.2) is 11.6 Å². The van der Waals surface area contributed by atoms with Crippen LogP contribution in [0.25, 0.3) is 11.4 Å². The SMILES string of the molecule is CCNC(=O)CCC(NC(=O)c1c[nH]c(-c2cc(Oc3cc(C(=O)Nc4cc(C)ccc4F)ccc3F)ccn2)c1)C(=O)NCC. The average Bonchev–Trinajstić information content (AvgIpc) is 3.53. The Bertz CT molecular complexity index is 1740. The van der Waals surface area contributed by atoms with Crippen LogP contribution >= 0.6 is 0 Å². The summed E-state index contributed by atoms with van der Waals surface area (Å²) in [6.07, 6.45) is 3.04. The van der Waals surface area contributed by atoms with Crippen molar-refractivity contribution < 1.29 is 32.7 Å². The summed E-state index contributed by atoms with van der Waals surface area (Å²) in [4.78, 5) is 57.5. The maximum atomic E-state index is 14.7. The summed E-state index contributed by atoms with van der Waals surface area (Å²) in [7, 11) is 0. The smallest absolute Gasteiger partial charge is 0.255 e. The molecule has 46 heavy (non-hydrogen) atoms. The van der Waals surface area contributed by atoms with E-state index in [1.54, 1.807) is 26.8 Å². The number of H-pyrrole nitrogens is 1. The number of hydrogen-bond donors (Lipinski definition) is 5. The van der Waals surface area contributed by atoms with Gasteiger partial charge in [-0.3, -0.25) is 24.2 Å². The lowest BCUT2D eigenvalue weighted by molar-refractivity contribution is -0.124. The number of aromatic amines is 1. The summed E-state index contributed by atoms with van der Waals surface area (Å²) in [6, 6.07) is 11.4. The number of halogens is 2. The van der Waals surface area contributed by atoms with Gasteiger partial charge in [0.25, 0.3) is 11.8 Å². The van der Waals surface area contributed by atoms with E-state index >= 15 is 0 Å². The van der Waals surface area contributed by atoms with Crippen LogP contribution in [-0.4, -0.2) is 52.7 Å². The third kappa shape index (κ3) is 8.74. The second-order valence-corrected chi connectivity index (χ2v) is 10.3. The Morgan fingerprint density at radius 2 is 1.65 bits per heavy atom. The molecule has 0 saturated carbocycles. The molecule has 5 N–H and O–H groups in total. The molecule has 2 aromatic heterocycles. The van der Waals surface area contributed by atoms with E-state index in [0.29, 0.717) is 24.5 Å². The van der Waals surface area contributed by atoms with Crippen molar-refractivity contribution in [2.24, 2.45) is 0 Å². The molecule has 4 amide bonds. The van der Waals surface area contributed by atoms with Gasteiger partial charge >= 0.3 is 0 Å². The highest BCUT2D eigenvalue weighted by Gasteiger charge is 2.23. The van der Waals surface area contributed by atoms with Crippen molar-refractivity contribution in [2.45, 2.75) is 39.7 Å². The molecule has 0 aliphatic heterocycles. The van der Waals surface area contributed by atoms with Gasteiger partial charge in [0.2, 0.25) is 11.8 Å². The number of pyridine rings is 1. The van der Waals surface area contributed by atoms with Crippen molar-refractivity contribution in [2.75, 3.05) is 18.4 Å². The Morgan fingerprint density at radius 1 is 0.891 bits per heavy atom. The Morgan fingerprint density at radius 3 is 2.41 bits per heavy atom. The minimum absolute atomic E-state index is 0.00584. The normalized spacial score (nSPS) is 11.3. The zero-order valence-electron chi connectivity index (χ0n) is 25.5. The van der Waals surface area contributed by atoms with Gasteiger partial charge in [0.05, 0.1) is 22.6 Å². The molecule has 0 radical (unpaired) electrons. The maximum absolute atomic E-state index is 14.7. The standard InChI is InChI=1S/C33H34F2N6O5/c1-4-36-30(42)11-10-25(33(45)37-5-2)40-32(44)21-15-27(39-18-21)28-17-22(12-13-38-28)46-29-16-20(7-9-24(29)35)31(43)41-26-14-19(3)6-8-23(26)34/h6-9,12-18,25,39H,4-5,10-11H2,1-3H3,(H,36,42)(H,37,45)(H,40,44)(H,41,43). The van der Waals surface area contributed by atoms with Crippen LogP contribution in [0.4, 0.5) is 14.5 Å². The van der Waals surface area contributed by atoms with Gasteiger partial charge < -0.3 is 31.0 Å². The first kappa shape index (κ1) is 33.3. The van der Waals surface area contributed by atoms with Crippen LogP contribution in [0, 0.1) is 18.6 Å². The van der Waals surface area contributed by atoms with Crippen LogP contribution in [0.1, 0.15) is 53.0 Å². The molecule has 0 fully saturated rings. The van der Waals surface area contributed by atoms with Crippen molar-refractivity contribution in [3.8, 4) is 22.9 Å². The summed E-state index contributed by atoms with van der Waals surface area (Å²) in [5.41, 5.74) is 1.79. The Hall–Kier alpha value is -5.59. The number of rotatable bonds is 13. The van der Waals surface area contributed by atoms with E-state index in [9.17, 15) is 28.0 Å². The van der Waals surface area contributed by atoms with E-state index < -0.39 is 35.4 Å². The topological polar surface area (TPSA) is 154 Å². The second kappa shape index (κ2) is 15.4. The summed E-state index contributed by atoms with van der Waals surface area (Å²) >= 11 is 0. The molecule has 0 aliphatic carbocycles. The number of carbonyl (C=O) groups excluding carboxylic acids is 4. The fraction of sp³-hybridized carbons (Fsp3) is 0.242. The quantitative estimate of drug-likeness (QED) is 0.142. The van der Waals surface area contributed by atoms with Gasteiger partial charge in [-0.2, -0.15) is 0 Å². The third-order valence-corrected chi connectivity index (χ3v) is 6.75. The van der Waals surface area contributed by atoms with Crippen LogP contribution in [0.5, 0.6) is 11.5 Å². The van der Waals surface area contributed by atoms with Crippen molar-refractivity contribution in [1.82, 2.24) is 25.9 Å². The number of ether oxygens (including phenoxy) is 1. The van der Waals surface area contributed by atoms with E-state index in [-0.39, 0.29) is 47.1 Å². The molecule has 0 spiro atoms. The lowest BCUT2D eigenvalue weighted by atomic mass is 10.1. The van der Waals surface area contributed by atoms with E-state index in [4.69, 9.17) is 4.74 Å². The molecule has 2 aromatic carbocycles. The number of nitrogens with zero attached hydrogens (tertiary/aromatic N) is 1. The van der Waals surface area contributed by atoms with Gasteiger partial charge in [0.1, 0.15) is 17.6 Å². The van der Waals surface area contributed by atoms with Crippen LogP contribution in [0.2, 0.25) is 0 Å². The number of aromatic nitrogens is 2. The highest BCUT2D eigenvalue weighted by molar-refractivity contribution is 6.04. The largest absolute Gasteiger partial charge is 0.454 e. The zero-order chi connectivity index (χ0) is 33.2. The molecule has 1 atom stereocenters. The van der Waals surface area contributed by atoms with Gasteiger partial charge in [-0.15, -0.1) is 0 Å². The Labute approximate surface area is 264 Å². The van der Waals surface area contributed by atoms with Crippen molar-refractivity contribution >= 4 is 29.3 Å². The third-order valence-electron chi connectivity index (χ3n) is 6.75. The molecule has 0 bridgehead atoms. The van der Waals surface area contributed by atoms with E-state index in [1.807, 2.05) is 0 Å². The first-order valence-corrected chi connectivity index (χ1v) is 14.6. The van der Waals surface area contributed by atoms with Crippen LogP contribution in [0.3, 0.4) is 0 Å². The zero-order valence-corrected chi connectivity index (χ0v) is 25.5. The minimum atomic E-state index is -0.924. The number of aryl methyl sites for hydroxylation is 1. The highest BCUT2D eigenvalue weighted by Crippen LogP contribution is 2.29. The first-order chi connectivity index (χ1) is 22.1. The number of nitrogens with one attached hydrogen (secondary N) is 5. The summed E-state index contributed by atoms with van der Waals surface area (Å²) in [6.45, 7) is 6.11. The van der Waals surface area contributed by atoms with Gasteiger partial charge in [-0.1, -0.05) is 6.07 Å². The molecule has 13 heteroatoms. The second-order valence-electron chi connectivity index (χ2n) is 10.3. The lowest BCUT2D eigenvalue weighted by Gasteiger charge is -2.17. The predicted octanol–water partition coefficient (Wildman–Crippen LogP) is 4.86. The highest BCUT2D eigenvalue weighted by atomic mass is 19.1. The van der Waals surface area contributed by atoms with Gasteiger partial charge in [-0.25, -0.2) is 8.78 Å². The van der Waals surface area contributed by atoms with Gasteiger partial charge in [0, 0.05) is 43.5 Å². The van der Waals surface area contributed by atoms with Crippen molar-refractivity contribution in [3.05, 3.63) is 95.3 Å². The molecule has 1 unspecified atom stereocenters. The van der Waals surface area contributed by atoms with E-state index in [2.05, 4.69) is 31.2 Å². The van der Waals surface area contributed by atoms with Crippen molar-refractivity contribution in [3.63, 3.8) is 0 Å². The molecule has 240 valence electrons. The number of hydrogen-bond acceptors (Lipinski definition) is 6. The molecular weight excluding hydrogens is 598 g/mol. The van der Waals surface area contributed by atoms with Crippen LogP contribution < -0.4 is 26.0 Å². The summed E-state index contributed by atoms with van der Waals surface area (Å²) in [5, 5.41) is 10.5. The van der Waals surface area contributed by atoms with Crippen LogP contribution in [-0.2, 0) is 9.59 Å². The molecule has 4 aromatic rings. The minimum Gasteiger partial charge on any atom is -0.454 e. The first-order valence-electron chi connectivity index (χ1n) is 14.6. The number of benzene rings is 2. The summed E-state index contributed by atoms with van der Waals surface area (Å²) < 4.78 is 34.6. The van der Waals surface area contributed by atoms with E-state index in [1.165, 1.54) is 54.9 Å². The Kier molecular flexibility index (Phi) is 11.2. The molecule has 0 saturated heterocycles. The lowest BCUT2D eigenvalue weighted by Crippen LogP contribution is -2.47. The maximum Gasteiger partial charge on any atom is 0.255 e. The van der Waals surface area contributed by atoms with E-state index in [0.717, 1.165) is 11.6 Å². The molecule has 11 nitrogen and oxygen atoms in total. The monoisotopic (exact) mass is 632 g/mol. The molecule has 4 rings (SSSR count). The number of anilines is 1. The molecule has 2 heterocycles. The molecular formula is C33H34F2N6O5. The number of carbonyl (C=O) groups is 4. The predicted molar refractivity (Wildman–Crippen MR) is 167 cm³/mol. The fourth-order valence-corrected chi connectivity index (χ4v) is 4.44. The number of amides is 4. The molecule has 0 aliphatic rings. The Balaban J connectivity index is 1.46. The van der Waals surface area contributed by atoms with Crippen molar-refractivity contribution in [1.29, 1.82) is 0 Å². The van der Waals surface area contributed by atoms with Gasteiger partial charge in [-0.05, 0) is 75.2 Å². The average molecular weight is 633 g/mol. The van der Waals surface area contributed by atoms with Crippen LogP contribution in [0.15, 0.2) is 67.0 Å². The summed E-state index contributed by atoms with van der Waals surface area (Å²) in [5.74, 6) is -3.22.